The number of rotatable bonds is 7. The molecule has 148 valence electrons. The van der Waals surface area contributed by atoms with E-state index in [1.807, 2.05) is 11.9 Å². The van der Waals surface area contributed by atoms with E-state index in [0.717, 1.165) is 16.7 Å². The number of aliphatic imine (C=N–C) groups is 1. The molecule has 1 N–H and O–H groups in total. The van der Waals surface area contributed by atoms with E-state index < -0.39 is 11.9 Å². The Morgan fingerprint density at radius 1 is 1.30 bits per heavy atom. The Morgan fingerprint density at radius 2 is 2.00 bits per heavy atom. The molecule has 0 spiro atoms. The number of thiazole rings is 1. The summed E-state index contributed by atoms with van der Waals surface area (Å²) in [5.41, 5.74) is -0.859. The molecule has 0 saturated carbocycles. The zero-order valence-electron chi connectivity index (χ0n) is 14.9. The van der Waals surface area contributed by atoms with Crippen LogP contribution >= 0.6 is 11.3 Å². The number of nitrogens with one attached hydrogen (secondary N) is 1. The third-order valence-corrected chi connectivity index (χ3v) is 4.46. The lowest BCUT2D eigenvalue weighted by molar-refractivity contribution is -0.140. The first kappa shape index (κ1) is 20.9. The van der Waals surface area contributed by atoms with E-state index in [1.54, 1.807) is 19.2 Å². The Bertz CT molecular complexity index is 746. The average Bonchev–Trinajstić information content (AvgIpc) is 3.09. The van der Waals surface area contributed by atoms with Crippen molar-refractivity contribution in [3.63, 3.8) is 0 Å². The maximum Gasteiger partial charge on any atom is 0.434 e. The van der Waals surface area contributed by atoms with Crippen LogP contribution in [0.4, 0.5) is 17.6 Å². The summed E-state index contributed by atoms with van der Waals surface area (Å²) >= 11 is 0.985. The summed E-state index contributed by atoms with van der Waals surface area (Å²) in [6.45, 7) is 1.29. The van der Waals surface area contributed by atoms with E-state index in [1.165, 1.54) is 12.1 Å². The number of guanidine groups is 1. The minimum atomic E-state index is -4.41. The number of benzene rings is 1. The third kappa shape index (κ3) is 6.70. The van der Waals surface area contributed by atoms with Gasteiger partial charge in [0.15, 0.2) is 11.7 Å². The zero-order chi connectivity index (χ0) is 19.9. The first-order valence-electron chi connectivity index (χ1n) is 8.11. The fraction of sp³-hybridized carbons (Fsp3) is 0.412. The Hall–Kier alpha value is -2.36. The van der Waals surface area contributed by atoms with Crippen molar-refractivity contribution in [2.75, 3.05) is 33.8 Å². The molecule has 1 heterocycles. The number of alkyl halides is 3. The second-order valence-electron chi connectivity index (χ2n) is 5.57. The molecule has 27 heavy (non-hydrogen) atoms. The van der Waals surface area contributed by atoms with Crippen LogP contribution < -0.4 is 10.1 Å². The highest BCUT2D eigenvalue weighted by atomic mass is 32.1. The largest absolute Gasteiger partial charge is 0.492 e. The highest BCUT2D eigenvalue weighted by Gasteiger charge is 2.33. The second kappa shape index (κ2) is 9.54. The number of hydrogen-bond donors (Lipinski definition) is 1. The molecule has 0 unspecified atom stereocenters. The molecule has 2 rings (SSSR count). The molecular weight excluding hydrogens is 384 g/mol. The lowest BCUT2D eigenvalue weighted by atomic mass is 10.3. The minimum Gasteiger partial charge on any atom is -0.492 e. The Kier molecular flexibility index (Phi) is 7.40. The van der Waals surface area contributed by atoms with Gasteiger partial charge in [-0.1, -0.05) is 0 Å². The maximum atomic E-state index is 12.8. The van der Waals surface area contributed by atoms with Gasteiger partial charge in [-0.05, 0) is 24.3 Å². The van der Waals surface area contributed by atoms with Crippen LogP contribution in [0.15, 0.2) is 34.6 Å². The standard InChI is InChI=1S/C17H20F4N4OS/c1-22-16(23-8-7-15-24-14(11-27-15)17(19,20)21)25(2)9-10-26-13-5-3-12(18)4-6-13/h3-6,11H,7-10H2,1-2H3,(H,22,23). The monoisotopic (exact) mass is 404 g/mol. The molecule has 1 aromatic heterocycles. The maximum absolute atomic E-state index is 12.8. The summed E-state index contributed by atoms with van der Waals surface area (Å²) in [5, 5.41) is 4.50. The Morgan fingerprint density at radius 3 is 2.59 bits per heavy atom. The van der Waals surface area contributed by atoms with Crippen molar-refractivity contribution in [3.8, 4) is 5.75 Å². The fourth-order valence-corrected chi connectivity index (χ4v) is 2.96. The first-order valence-corrected chi connectivity index (χ1v) is 8.99. The molecule has 0 aliphatic heterocycles. The van der Waals surface area contributed by atoms with E-state index in [2.05, 4.69) is 15.3 Å². The summed E-state index contributed by atoms with van der Waals surface area (Å²) in [6.07, 6.45) is -4.05. The van der Waals surface area contributed by atoms with Crippen molar-refractivity contribution in [1.29, 1.82) is 0 Å². The average molecular weight is 404 g/mol. The van der Waals surface area contributed by atoms with Crippen molar-refractivity contribution >= 4 is 17.3 Å². The number of aromatic nitrogens is 1. The lowest BCUT2D eigenvalue weighted by Gasteiger charge is -2.22. The first-order chi connectivity index (χ1) is 12.8. The van der Waals surface area contributed by atoms with Crippen LogP contribution in [-0.2, 0) is 12.6 Å². The van der Waals surface area contributed by atoms with Crippen LogP contribution in [0.2, 0.25) is 0 Å². The van der Waals surface area contributed by atoms with Gasteiger partial charge in [-0.25, -0.2) is 9.37 Å². The Balaban J connectivity index is 1.74. The number of hydrogen-bond acceptors (Lipinski definition) is 4. The predicted molar refractivity (Wildman–Crippen MR) is 96.7 cm³/mol. The number of ether oxygens (including phenoxy) is 1. The van der Waals surface area contributed by atoms with Crippen LogP contribution in [0.3, 0.4) is 0 Å². The van der Waals surface area contributed by atoms with Crippen LogP contribution in [0.1, 0.15) is 10.7 Å². The van der Waals surface area contributed by atoms with E-state index in [9.17, 15) is 17.6 Å². The van der Waals surface area contributed by atoms with Gasteiger partial charge in [-0.3, -0.25) is 4.99 Å². The van der Waals surface area contributed by atoms with Crippen LogP contribution in [0, 0.1) is 5.82 Å². The van der Waals surface area contributed by atoms with E-state index >= 15 is 0 Å². The summed E-state index contributed by atoms with van der Waals surface area (Å²) in [5.74, 6) is 0.828. The van der Waals surface area contributed by atoms with Gasteiger partial charge in [0.2, 0.25) is 0 Å². The van der Waals surface area contributed by atoms with Gasteiger partial charge in [0.25, 0.3) is 0 Å². The van der Waals surface area contributed by atoms with Gasteiger partial charge in [0.1, 0.15) is 18.2 Å². The molecule has 0 aliphatic carbocycles. The van der Waals surface area contributed by atoms with Gasteiger partial charge < -0.3 is 15.0 Å². The van der Waals surface area contributed by atoms with E-state index in [0.29, 0.717) is 42.8 Å². The summed E-state index contributed by atoms with van der Waals surface area (Å²) in [7, 11) is 3.43. The van der Waals surface area contributed by atoms with Gasteiger partial charge >= 0.3 is 6.18 Å². The van der Waals surface area contributed by atoms with Crippen molar-refractivity contribution in [1.82, 2.24) is 15.2 Å². The molecule has 0 saturated heterocycles. The summed E-state index contributed by atoms with van der Waals surface area (Å²) in [6, 6.07) is 5.74. The fourth-order valence-electron chi connectivity index (χ4n) is 2.16. The molecule has 0 aliphatic rings. The molecule has 0 radical (unpaired) electrons. The van der Waals surface area contributed by atoms with Crippen molar-refractivity contribution in [2.45, 2.75) is 12.6 Å². The van der Waals surface area contributed by atoms with Gasteiger partial charge in [0, 0.05) is 32.4 Å². The topological polar surface area (TPSA) is 49.8 Å². The molecular formula is C17H20F4N4OS. The van der Waals surface area contributed by atoms with Crippen LogP contribution in [0.5, 0.6) is 5.75 Å². The number of nitrogens with zero attached hydrogens (tertiary/aromatic N) is 3. The van der Waals surface area contributed by atoms with Gasteiger partial charge in [-0.15, -0.1) is 11.3 Å². The molecule has 10 heteroatoms. The number of halogens is 4. The second-order valence-corrected chi connectivity index (χ2v) is 6.51. The SMILES string of the molecule is CN=C(NCCc1nc(C(F)(F)F)cs1)N(C)CCOc1ccc(F)cc1. The van der Waals surface area contributed by atoms with Crippen molar-refractivity contribution in [2.24, 2.45) is 4.99 Å². The molecule has 2 aromatic rings. The zero-order valence-corrected chi connectivity index (χ0v) is 15.7. The molecule has 1 aromatic carbocycles. The molecule has 0 bridgehead atoms. The van der Waals surface area contributed by atoms with Crippen LogP contribution in [0.25, 0.3) is 0 Å². The van der Waals surface area contributed by atoms with Crippen molar-refractivity contribution in [3.05, 3.63) is 46.2 Å². The van der Waals surface area contributed by atoms with E-state index in [-0.39, 0.29) is 5.82 Å². The normalized spacial score (nSPS) is 12.1. The van der Waals surface area contributed by atoms with Gasteiger partial charge in [0.05, 0.1) is 11.6 Å². The minimum absolute atomic E-state index is 0.327. The predicted octanol–water partition coefficient (Wildman–Crippen LogP) is 3.43. The number of likely N-dealkylation sites (N-methyl/N-ethyl adjacent to an activating group) is 1. The van der Waals surface area contributed by atoms with Gasteiger partial charge in [-0.2, -0.15) is 13.2 Å². The molecule has 0 atom stereocenters. The van der Waals surface area contributed by atoms with Crippen molar-refractivity contribution < 1.29 is 22.3 Å². The smallest absolute Gasteiger partial charge is 0.434 e. The lowest BCUT2D eigenvalue weighted by Crippen LogP contribution is -2.41. The third-order valence-electron chi connectivity index (χ3n) is 3.55. The molecule has 0 amide bonds. The molecule has 0 fully saturated rings. The highest BCUT2D eigenvalue weighted by molar-refractivity contribution is 7.09. The van der Waals surface area contributed by atoms with Crippen LogP contribution in [-0.4, -0.2) is 49.6 Å². The summed E-state index contributed by atoms with van der Waals surface area (Å²) in [4.78, 5) is 9.55. The quantitative estimate of drug-likeness (QED) is 0.436. The van der Waals surface area contributed by atoms with E-state index in [4.69, 9.17) is 4.74 Å². The highest BCUT2D eigenvalue weighted by Crippen LogP contribution is 2.29. The molecule has 5 nitrogen and oxygen atoms in total. The summed E-state index contributed by atoms with van der Waals surface area (Å²) < 4.78 is 56.0. The Labute approximate surface area is 158 Å².